The van der Waals surface area contributed by atoms with E-state index in [1.165, 1.54) is 77.0 Å². The number of anilines is 3. The van der Waals surface area contributed by atoms with Gasteiger partial charge in [0.05, 0.1) is 22.6 Å². The van der Waals surface area contributed by atoms with Gasteiger partial charge in [-0.15, -0.1) is 0 Å². The van der Waals surface area contributed by atoms with E-state index in [0.717, 1.165) is 50.9 Å². The second-order valence-corrected chi connectivity index (χ2v) is 18.6. The van der Waals surface area contributed by atoms with Crippen molar-refractivity contribution >= 4 is 28.0 Å². The molecule has 4 aliphatic carbocycles. The predicted molar refractivity (Wildman–Crippen MR) is 259 cm³/mol. The highest BCUT2D eigenvalue weighted by Gasteiger charge is 2.61. The minimum Gasteiger partial charge on any atom is -0.310 e. The Labute approximate surface area is 369 Å². The van der Waals surface area contributed by atoms with Gasteiger partial charge in [0, 0.05) is 27.6 Å². The summed E-state index contributed by atoms with van der Waals surface area (Å²) < 4.78 is 0. The van der Waals surface area contributed by atoms with Gasteiger partial charge in [-0.25, -0.2) is 9.97 Å². The van der Waals surface area contributed by atoms with Crippen LogP contribution in [0.5, 0.6) is 0 Å². The molecule has 8 aromatic carbocycles. The number of aromatic nitrogens is 2. The molecule has 4 bridgehead atoms. The third-order valence-electron chi connectivity index (χ3n) is 15.3. The van der Waals surface area contributed by atoms with E-state index in [9.17, 15) is 0 Å². The van der Waals surface area contributed by atoms with Crippen molar-refractivity contribution in [3.05, 3.63) is 211 Å². The van der Waals surface area contributed by atoms with Crippen molar-refractivity contribution in [3.63, 3.8) is 0 Å². The van der Waals surface area contributed by atoms with E-state index in [1.807, 2.05) is 0 Å². The maximum Gasteiger partial charge on any atom is 0.160 e. The van der Waals surface area contributed by atoms with Crippen molar-refractivity contribution in [2.45, 2.75) is 37.5 Å². The predicted octanol–water partition coefficient (Wildman–Crippen LogP) is 15.5. The molecule has 0 saturated heterocycles. The Hall–Kier alpha value is -7.10. The average Bonchev–Trinajstić information content (AvgIpc) is 3.35. The summed E-state index contributed by atoms with van der Waals surface area (Å²) in [6.45, 7) is 0. The minimum absolute atomic E-state index is 0.0700. The highest BCUT2D eigenvalue weighted by Crippen LogP contribution is 2.69. The second kappa shape index (κ2) is 14.5. The van der Waals surface area contributed by atoms with Crippen LogP contribution in [0.2, 0.25) is 0 Å². The molecule has 9 aromatic rings. The van der Waals surface area contributed by atoms with E-state index in [0.29, 0.717) is 11.8 Å². The standard InChI is InChI=1S/C60H47N3/c1-3-12-41(13-4-1)42-26-28-45(29-27-42)58-52-18-7-9-20-55(52)61-59(62-58)48-15-11-14-46(37-48)43-22-24-44(25-23-43)47-30-31-54-57(38-47)63(51-16-5-2-6-17-51)56-21-10-8-19-53(56)60(54)49-33-39-32-40(35-49)36-50(60)34-39/h1-31,37-40,49-50H,32-36H2. The van der Waals surface area contributed by atoms with Crippen molar-refractivity contribution in [1.82, 2.24) is 9.97 Å². The van der Waals surface area contributed by atoms with Gasteiger partial charge in [0.25, 0.3) is 0 Å². The van der Waals surface area contributed by atoms with Crippen LogP contribution in [-0.4, -0.2) is 9.97 Å². The van der Waals surface area contributed by atoms with Crippen LogP contribution in [0.15, 0.2) is 200 Å². The van der Waals surface area contributed by atoms with E-state index in [1.54, 1.807) is 11.1 Å². The van der Waals surface area contributed by atoms with Gasteiger partial charge >= 0.3 is 0 Å². The van der Waals surface area contributed by atoms with Gasteiger partial charge in [-0.05, 0) is 137 Å². The first-order valence-corrected chi connectivity index (χ1v) is 22.9. The summed E-state index contributed by atoms with van der Waals surface area (Å²) in [5.41, 5.74) is 18.2. The summed E-state index contributed by atoms with van der Waals surface area (Å²) in [7, 11) is 0. The van der Waals surface area contributed by atoms with Gasteiger partial charge in [-0.2, -0.15) is 0 Å². The Morgan fingerprint density at radius 3 is 1.63 bits per heavy atom. The molecular weight excluding hydrogens is 763 g/mol. The maximum absolute atomic E-state index is 5.25. The normalized spacial score (nSPS) is 21.7. The minimum atomic E-state index is 0.0700. The smallest absolute Gasteiger partial charge is 0.160 e. The summed E-state index contributed by atoms with van der Waals surface area (Å²) >= 11 is 0. The largest absolute Gasteiger partial charge is 0.310 e. The third-order valence-corrected chi connectivity index (χ3v) is 15.3. The molecule has 63 heavy (non-hydrogen) atoms. The van der Waals surface area contributed by atoms with Gasteiger partial charge in [-0.1, -0.05) is 164 Å². The fraction of sp³-hybridized carbons (Fsp3) is 0.167. The first kappa shape index (κ1) is 36.5. The fourth-order valence-corrected chi connectivity index (χ4v) is 12.8. The van der Waals surface area contributed by atoms with Crippen molar-refractivity contribution in [1.29, 1.82) is 0 Å². The van der Waals surface area contributed by atoms with E-state index in [2.05, 4.69) is 205 Å². The second-order valence-electron chi connectivity index (χ2n) is 18.6. The Bertz CT molecular complexity index is 3140. The summed E-state index contributed by atoms with van der Waals surface area (Å²) in [5.74, 6) is 3.93. The van der Waals surface area contributed by atoms with Gasteiger partial charge in [-0.3, -0.25) is 0 Å². The first-order valence-electron chi connectivity index (χ1n) is 22.9. The number of hydrogen-bond acceptors (Lipinski definition) is 3. The lowest BCUT2D eigenvalue weighted by Crippen LogP contribution is -2.57. The Kier molecular flexibility index (Phi) is 8.41. The molecule has 14 rings (SSSR count). The van der Waals surface area contributed by atoms with Crippen molar-refractivity contribution in [3.8, 4) is 56.0 Å². The molecule has 4 fully saturated rings. The monoisotopic (exact) mass is 809 g/mol. The molecule has 0 radical (unpaired) electrons. The zero-order chi connectivity index (χ0) is 41.5. The zero-order valence-corrected chi connectivity index (χ0v) is 35.2. The number of nitrogens with zero attached hydrogens (tertiary/aromatic N) is 3. The summed E-state index contributed by atoms with van der Waals surface area (Å²) in [4.78, 5) is 12.9. The van der Waals surface area contributed by atoms with E-state index < -0.39 is 0 Å². The van der Waals surface area contributed by atoms with E-state index in [-0.39, 0.29) is 5.41 Å². The molecule has 1 aliphatic heterocycles. The summed E-state index contributed by atoms with van der Waals surface area (Å²) in [5, 5.41) is 1.05. The zero-order valence-electron chi connectivity index (χ0n) is 35.2. The van der Waals surface area contributed by atoms with Crippen molar-refractivity contribution < 1.29 is 0 Å². The third kappa shape index (κ3) is 5.86. The molecule has 3 nitrogen and oxygen atoms in total. The Morgan fingerprint density at radius 2 is 0.905 bits per heavy atom. The van der Waals surface area contributed by atoms with E-state index in [4.69, 9.17) is 9.97 Å². The van der Waals surface area contributed by atoms with Crippen LogP contribution in [0.25, 0.3) is 66.9 Å². The lowest BCUT2D eigenvalue weighted by molar-refractivity contribution is -0.0419. The molecule has 0 amide bonds. The number of fused-ring (bicyclic) bond motifs is 3. The lowest BCUT2D eigenvalue weighted by atomic mass is 9.41. The molecule has 2 heterocycles. The number of rotatable bonds is 6. The molecule has 0 atom stereocenters. The first-order chi connectivity index (χ1) is 31.2. The quantitative estimate of drug-likeness (QED) is 0.168. The van der Waals surface area contributed by atoms with Crippen LogP contribution in [0, 0.1) is 23.7 Å². The summed E-state index contributed by atoms with van der Waals surface area (Å²) in [6, 6.07) is 73.4. The molecule has 3 heteroatoms. The maximum atomic E-state index is 5.25. The van der Waals surface area contributed by atoms with Crippen LogP contribution >= 0.6 is 0 Å². The molecule has 1 spiro atoms. The molecule has 5 aliphatic rings. The highest BCUT2D eigenvalue weighted by molar-refractivity contribution is 5.94. The van der Waals surface area contributed by atoms with Crippen LogP contribution in [0.1, 0.15) is 43.2 Å². The van der Waals surface area contributed by atoms with E-state index >= 15 is 0 Å². The molecule has 302 valence electrons. The van der Waals surface area contributed by atoms with Crippen molar-refractivity contribution in [2.24, 2.45) is 23.7 Å². The molecule has 0 unspecified atom stereocenters. The van der Waals surface area contributed by atoms with Gasteiger partial charge in [0.1, 0.15) is 0 Å². The highest BCUT2D eigenvalue weighted by atomic mass is 15.2. The van der Waals surface area contributed by atoms with Gasteiger partial charge < -0.3 is 4.90 Å². The SMILES string of the molecule is c1ccc(-c2ccc(-c3nc(-c4cccc(-c5ccc(-c6ccc7c(c6)N(c6ccccc6)c6ccccc6C76C7CC8CC(C7)CC6C8)cc5)c4)nc4ccccc34)cc2)cc1. The Morgan fingerprint density at radius 1 is 0.381 bits per heavy atom. The lowest BCUT2D eigenvalue weighted by Gasteiger charge is -2.64. The molecular formula is C60H47N3. The average molecular weight is 810 g/mol. The number of para-hydroxylation sites is 3. The van der Waals surface area contributed by atoms with Gasteiger partial charge in [0.2, 0.25) is 0 Å². The van der Waals surface area contributed by atoms with Crippen LogP contribution in [-0.2, 0) is 5.41 Å². The van der Waals surface area contributed by atoms with Crippen LogP contribution in [0.4, 0.5) is 17.1 Å². The molecule has 4 saturated carbocycles. The van der Waals surface area contributed by atoms with Crippen LogP contribution in [0.3, 0.4) is 0 Å². The number of hydrogen-bond donors (Lipinski definition) is 0. The van der Waals surface area contributed by atoms with Crippen molar-refractivity contribution in [2.75, 3.05) is 4.90 Å². The topological polar surface area (TPSA) is 29.0 Å². The Balaban J connectivity index is 0.861. The molecule has 1 aromatic heterocycles. The van der Waals surface area contributed by atoms with Crippen LogP contribution < -0.4 is 4.90 Å². The van der Waals surface area contributed by atoms with Gasteiger partial charge in [0.15, 0.2) is 5.82 Å². The number of benzene rings is 8. The summed E-state index contributed by atoms with van der Waals surface area (Å²) in [6.07, 6.45) is 6.93. The fourth-order valence-electron chi connectivity index (χ4n) is 12.8. The molecule has 0 N–H and O–H groups in total.